The van der Waals surface area contributed by atoms with Crippen molar-refractivity contribution in [3.05, 3.63) is 0 Å². The second-order valence-electron chi connectivity index (χ2n) is 5.08. The summed E-state index contributed by atoms with van der Waals surface area (Å²) in [4.78, 5) is 24.6. The molecule has 108 valence electrons. The Morgan fingerprint density at radius 1 is 1.05 bits per heavy atom. The third-order valence-electron chi connectivity index (χ3n) is 3.67. The SMILES string of the molecule is CN(C)S(=O)(=O)N1CCC(N2C(=O)CCC2=O)CC1. The third kappa shape index (κ3) is 2.65. The van der Waals surface area contributed by atoms with Gasteiger partial charge in [0.1, 0.15) is 0 Å². The summed E-state index contributed by atoms with van der Waals surface area (Å²) in [6.45, 7) is 0.699. The van der Waals surface area contributed by atoms with Crippen LogP contribution in [0.2, 0.25) is 0 Å². The number of amides is 2. The molecule has 0 saturated carbocycles. The lowest BCUT2D eigenvalue weighted by molar-refractivity contribution is -0.141. The van der Waals surface area contributed by atoms with Crippen LogP contribution in [0.3, 0.4) is 0 Å². The van der Waals surface area contributed by atoms with Gasteiger partial charge >= 0.3 is 0 Å². The Balaban J connectivity index is 2.00. The van der Waals surface area contributed by atoms with Crippen molar-refractivity contribution in [2.24, 2.45) is 0 Å². The smallest absolute Gasteiger partial charge is 0.279 e. The van der Waals surface area contributed by atoms with Crippen LogP contribution < -0.4 is 0 Å². The van der Waals surface area contributed by atoms with Gasteiger partial charge in [0.2, 0.25) is 11.8 Å². The molecule has 0 spiro atoms. The molecule has 7 nitrogen and oxygen atoms in total. The maximum atomic E-state index is 11.9. The third-order valence-corrected chi connectivity index (χ3v) is 5.61. The van der Waals surface area contributed by atoms with Gasteiger partial charge in [-0.25, -0.2) is 0 Å². The maximum Gasteiger partial charge on any atom is 0.281 e. The first kappa shape index (κ1) is 14.4. The number of carbonyl (C=O) groups is 2. The van der Waals surface area contributed by atoms with Crippen LogP contribution >= 0.6 is 0 Å². The minimum absolute atomic E-state index is 0.126. The summed E-state index contributed by atoms with van der Waals surface area (Å²) in [6.07, 6.45) is 1.61. The molecule has 0 N–H and O–H groups in total. The number of likely N-dealkylation sites (tertiary alicyclic amines) is 1. The van der Waals surface area contributed by atoms with E-state index in [4.69, 9.17) is 0 Å². The summed E-state index contributed by atoms with van der Waals surface area (Å²) < 4.78 is 26.5. The second-order valence-corrected chi connectivity index (χ2v) is 7.22. The Kier molecular flexibility index (Phi) is 3.93. The molecule has 0 radical (unpaired) electrons. The number of hydrogen-bond acceptors (Lipinski definition) is 4. The number of carbonyl (C=O) groups excluding carboxylic acids is 2. The molecule has 0 aromatic rings. The van der Waals surface area contributed by atoms with Gasteiger partial charge in [0.25, 0.3) is 10.2 Å². The van der Waals surface area contributed by atoms with Crippen LogP contribution in [0.1, 0.15) is 25.7 Å². The van der Waals surface area contributed by atoms with Crippen LogP contribution in [0.5, 0.6) is 0 Å². The van der Waals surface area contributed by atoms with Gasteiger partial charge in [0.15, 0.2) is 0 Å². The zero-order valence-electron chi connectivity index (χ0n) is 11.2. The van der Waals surface area contributed by atoms with Crippen LogP contribution in [0, 0.1) is 0 Å². The van der Waals surface area contributed by atoms with Crippen LogP contribution in [-0.4, -0.2) is 67.0 Å². The first-order valence-electron chi connectivity index (χ1n) is 6.36. The van der Waals surface area contributed by atoms with E-state index in [0.717, 1.165) is 0 Å². The highest BCUT2D eigenvalue weighted by molar-refractivity contribution is 7.86. The zero-order valence-corrected chi connectivity index (χ0v) is 12.0. The molecule has 19 heavy (non-hydrogen) atoms. The Morgan fingerprint density at radius 3 is 1.95 bits per heavy atom. The van der Waals surface area contributed by atoms with E-state index in [1.165, 1.54) is 27.6 Å². The van der Waals surface area contributed by atoms with Gasteiger partial charge in [-0.1, -0.05) is 0 Å². The fraction of sp³-hybridized carbons (Fsp3) is 0.818. The molecule has 2 amide bonds. The Labute approximate surface area is 113 Å². The summed E-state index contributed by atoms with van der Waals surface area (Å²) in [5, 5.41) is 0. The summed E-state index contributed by atoms with van der Waals surface area (Å²) in [7, 11) is -0.406. The van der Waals surface area contributed by atoms with E-state index in [0.29, 0.717) is 25.9 Å². The number of hydrogen-bond donors (Lipinski definition) is 0. The number of imide groups is 1. The van der Waals surface area contributed by atoms with Crippen LogP contribution in [0.4, 0.5) is 0 Å². The highest BCUT2D eigenvalue weighted by Crippen LogP contribution is 2.24. The van der Waals surface area contributed by atoms with Crippen molar-refractivity contribution in [2.45, 2.75) is 31.7 Å². The first-order chi connectivity index (χ1) is 8.84. The lowest BCUT2D eigenvalue weighted by atomic mass is 10.1. The van der Waals surface area contributed by atoms with E-state index >= 15 is 0 Å². The molecular formula is C11H19N3O4S. The molecule has 2 rings (SSSR count). The summed E-state index contributed by atoms with van der Waals surface area (Å²) in [5.41, 5.74) is 0. The van der Waals surface area contributed by atoms with Crippen molar-refractivity contribution in [1.29, 1.82) is 0 Å². The molecule has 0 aromatic carbocycles. The monoisotopic (exact) mass is 289 g/mol. The molecule has 2 aliphatic heterocycles. The normalized spacial score (nSPS) is 23.6. The number of rotatable bonds is 3. The Hall–Kier alpha value is -0.990. The lowest BCUT2D eigenvalue weighted by Crippen LogP contribution is -2.50. The molecule has 2 saturated heterocycles. The van der Waals surface area contributed by atoms with E-state index in [1.54, 1.807) is 0 Å². The van der Waals surface area contributed by atoms with Crippen molar-refractivity contribution in [2.75, 3.05) is 27.2 Å². The summed E-state index contributed by atoms with van der Waals surface area (Å²) in [6, 6.07) is -0.142. The molecule has 2 heterocycles. The van der Waals surface area contributed by atoms with Gasteiger partial charge in [0, 0.05) is 46.1 Å². The minimum Gasteiger partial charge on any atom is -0.279 e. The van der Waals surface area contributed by atoms with Crippen molar-refractivity contribution >= 4 is 22.0 Å². The number of piperidine rings is 1. The van der Waals surface area contributed by atoms with Gasteiger partial charge in [-0.05, 0) is 12.8 Å². The van der Waals surface area contributed by atoms with Crippen molar-refractivity contribution in [3.63, 3.8) is 0 Å². The highest BCUT2D eigenvalue weighted by atomic mass is 32.2. The molecule has 0 aliphatic carbocycles. The molecule has 2 fully saturated rings. The quantitative estimate of drug-likeness (QED) is 0.650. The first-order valence-corrected chi connectivity index (χ1v) is 7.76. The van der Waals surface area contributed by atoms with Crippen molar-refractivity contribution in [3.8, 4) is 0 Å². The van der Waals surface area contributed by atoms with E-state index in [-0.39, 0.29) is 30.7 Å². The standard InChI is InChI=1S/C11H19N3O4S/c1-12(2)19(17,18)13-7-5-9(6-8-13)14-10(15)3-4-11(14)16/h9H,3-8H2,1-2H3. The van der Waals surface area contributed by atoms with E-state index in [9.17, 15) is 18.0 Å². The minimum atomic E-state index is -3.40. The Bertz CT molecular complexity index is 464. The summed E-state index contributed by atoms with van der Waals surface area (Å²) >= 11 is 0. The number of nitrogens with zero attached hydrogens (tertiary/aromatic N) is 3. The van der Waals surface area contributed by atoms with Gasteiger partial charge in [-0.15, -0.1) is 0 Å². The van der Waals surface area contributed by atoms with Gasteiger partial charge in [-0.3, -0.25) is 14.5 Å². The van der Waals surface area contributed by atoms with Crippen LogP contribution in [0.15, 0.2) is 0 Å². The van der Waals surface area contributed by atoms with Crippen molar-refractivity contribution in [1.82, 2.24) is 13.5 Å². The van der Waals surface area contributed by atoms with E-state index in [1.807, 2.05) is 0 Å². The molecule has 8 heteroatoms. The topological polar surface area (TPSA) is 78.0 Å². The second kappa shape index (κ2) is 5.18. The molecule has 0 bridgehead atoms. The predicted molar refractivity (Wildman–Crippen MR) is 68.3 cm³/mol. The van der Waals surface area contributed by atoms with Gasteiger partial charge in [0.05, 0.1) is 0 Å². The molecular weight excluding hydrogens is 270 g/mol. The van der Waals surface area contributed by atoms with E-state index in [2.05, 4.69) is 0 Å². The average Bonchev–Trinajstić information content (AvgIpc) is 2.69. The summed E-state index contributed by atoms with van der Waals surface area (Å²) in [5.74, 6) is -0.252. The van der Waals surface area contributed by atoms with Crippen LogP contribution in [0.25, 0.3) is 0 Å². The van der Waals surface area contributed by atoms with Gasteiger partial charge in [-0.2, -0.15) is 17.0 Å². The Morgan fingerprint density at radius 2 is 1.53 bits per heavy atom. The molecule has 0 atom stereocenters. The van der Waals surface area contributed by atoms with Crippen molar-refractivity contribution < 1.29 is 18.0 Å². The molecule has 2 aliphatic rings. The largest absolute Gasteiger partial charge is 0.281 e. The van der Waals surface area contributed by atoms with Crippen LogP contribution in [-0.2, 0) is 19.8 Å². The maximum absolute atomic E-state index is 11.9. The fourth-order valence-electron chi connectivity index (χ4n) is 2.56. The lowest BCUT2D eigenvalue weighted by Gasteiger charge is -2.35. The zero-order chi connectivity index (χ0) is 14.2. The van der Waals surface area contributed by atoms with E-state index < -0.39 is 10.2 Å². The molecule has 0 unspecified atom stereocenters. The fourth-order valence-corrected chi connectivity index (χ4v) is 3.70. The highest BCUT2D eigenvalue weighted by Gasteiger charge is 2.38. The predicted octanol–water partition coefficient (Wildman–Crippen LogP) is -0.594. The van der Waals surface area contributed by atoms with Gasteiger partial charge < -0.3 is 0 Å². The molecule has 0 aromatic heterocycles. The average molecular weight is 289 g/mol.